The van der Waals surface area contributed by atoms with Gasteiger partial charge in [0.15, 0.2) is 6.79 Å². The molecule has 0 aliphatic heterocycles. The zero-order valence-electron chi connectivity index (χ0n) is 26.8. The van der Waals surface area contributed by atoms with Gasteiger partial charge in [-0.1, -0.05) is 133 Å². The van der Waals surface area contributed by atoms with Gasteiger partial charge in [0.05, 0.1) is 0 Å². The first kappa shape index (κ1) is 33.5. The van der Waals surface area contributed by atoms with Gasteiger partial charge in [0.25, 0.3) is 0 Å². The molecule has 0 aromatic heterocycles. The molecule has 4 heteroatoms. The van der Waals surface area contributed by atoms with Crippen molar-refractivity contribution >= 4 is 20.1 Å². The Morgan fingerprint density at radius 3 is 2.18 bits per heavy atom. The summed E-state index contributed by atoms with van der Waals surface area (Å²) in [6, 6.07) is 13.6. The maximum absolute atomic E-state index is 6.62. The van der Waals surface area contributed by atoms with Crippen LogP contribution in [0.25, 0.3) is 0 Å². The second kappa shape index (κ2) is 14.8. The summed E-state index contributed by atoms with van der Waals surface area (Å²) in [5, 5.41) is 1.27. The zero-order valence-corrected chi connectivity index (χ0v) is 27.8. The van der Waals surface area contributed by atoms with E-state index < -0.39 is 0 Å². The number of hydrogen-bond donors (Lipinski definition) is 0. The van der Waals surface area contributed by atoms with E-state index in [-0.39, 0.29) is 22.8 Å². The maximum Gasteiger partial charge on any atom is 0.188 e. The summed E-state index contributed by atoms with van der Waals surface area (Å²) < 4.78 is 12.1. The summed E-state index contributed by atoms with van der Waals surface area (Å²) in [6.45, 7) is 21.5. The Bertz CT molecular complexity index is 1070. The molecule has 0 saturated heterocycles. The lowest BCUT2D eigenvalue weighted by molar-refractivity contribution is 0.0480. The molecule has 3 atom stereocenters. The standard InChI is InChI=1S/C35H56NO2P/c1-12-14-18-26(3)34(7,8)29-22-28(33(4,5)6)23-30(32(29)38-25-37-11)35(9,21-15-13-2)39-31-20-17-16-19-27(31)24-36-10/h16-17,19-20,22-24,26,39H,12-15,18,21,25H2,1-11H3. The average molecular weight is 554 g/mol. The third-order valence-corrected chi connectivity index (χ3v) is 10.3. The second-order valence-corrected chi connectivity index (χ2v) is 14.9. The molecular formula is C35H56NO2P. The molecule has 0 fully saturated rings. The van der Waals surface area contributed by atoms with Gasteiger partial charge in [0.1, 0.15) is 5.75 Å². The Hall–Kier alpha value is -1.70. The quantitative estimate of drug-likeness (QED) is 0.125. The summed E-state index contributed by atoms with van der Waals surface area (Å²) in [5.41, 5.74) is 5.21. The van der Waals surface area contributed by atoms with Crippen molar-refractivity contribution in [2.75, 3.05) is 21.0 Å². The second-order valence-electron chi connectivity index (χ2n) is 13.0. The van der Waals surface area contributed by atoms with Crippen LogP contribution in [0.5, 0.6) is 5.75 Å². The van der Waals surface area contributed by atoms with Crippen LogP contribution in [0.1, 0.15) is 123 Å². The summed E-state index contributed by atoms with van der Waals surface area (Å²) in [7, 11) is 4.16. The summed E-state index contributed by atoms with van der Waals surface area (Å²) in [5.74, 6) is 1.56. The molecule has 0 aliphatic carbocycles. The van der Waals surface area contributed by atoms with Crippen LogP contribution in [0.15, 0.2) is 41.4 Å². The number of benzene rings is 2. The van der Waals surface area contributed by atoms with Gasteiger partial charge < -0.3 is 9.47 Å². The lowest BCUT2D eigenvalue weighted by atomic mass is 9.69. The third kappa shape index (κ3) is 8.64. The van der Waals surface area contributed by atoms with Crippen molar-refractivity contribution in [2.45, 2.75) is 117 Å². The molecule has 39 heavy (non-hydrogen) atoms. The van der Waals surface area contributed by atoms with E-state index in [1.807, 2.05) is 13.3 Å². The Kier molecular flexibility index (Phi) is 12.7. The van der Waals surface area contributed by atoms with Gasteiger partial charge in [-0.05, 0) is 46.0 Å². The molecule has 3 unspecified atom stereocenters. The number of rotatable bonds is 15. The van der Waals surface area contributed by atoms with Crippen molar-refractivity contribution in [3.8, 4) is 5.75 Å². The lowest BCUT2D eigenvalue weighted by Gasteiger charge is -2.40. The molecule has 0 heterocycles. The average Bonchev–Trinajstić information content (AvgIpc) is 2.89. The first-order chi connectivity index (χ1) is 18.4. The largest absolute Gasteiger partial charge is 0.467 e. The van der Waals surface area contributed by atoms with Gasteiger partial charge in [0, 0.05) is 36.7 Å². The minimum Gasteiger partial charge on any atom is -0.467 e. The van der Waals surface area contributed by atoms with Crippen LogP contribution in [-0.2, 0) is 20.7 Å². The van der Waals surface area contributed by atoms with Gasteiger partial charge in [-0.2, -0.15) is 0 Å². The van der Waals surface area contributed by atoms with Gasteiger partial charge in [-0.15, -0.1) is 0 Å². The molecule has 0 saturated carbocycles. The van der Waals surface area contributed by atoms with E-state index in [1.54, 1.807) is 7.11 Å². The predicted octanol–water partition coefficient (Wildman–Crippen LogP) is 9.53. The fourth-order valence-electron chi connectivity index (χ4n) is 5.31. The molecule has 2 aromatic carbocycles. The topological polar surface area (TPSA) is 30.8 Å². The number of aliphatic imine (C=N–C) groups is 1. The fraction of sp³-hybridized carbons (Fsp3) is 0.629. The Morgan fingerprint density at radius 2 is 1.59 bits per heavy atom. The van der Waals surface area contributed by atoms with Crippen molar-refractivity contribution in [1.82, 2.24) is 0 Å². The van der Waals surface area contributed by atoms with E-state index in [2.05, 4.69) is 104 Å². The molecule has 0 spiro atoms. The highest BCUT2D eigenvalue weighted by Crippen LogP contribution is 2.53. The molecule has 0 bridgehead atoms. The number of methoxy groups -OCH3 is 1. The molecule has 0 N–H and O–H groups in total. The van der Waals surface area contributed by atoms with Crippen molar-refractivity contribution in [3.05, 3.63) is 58.7 Å². The molecule has 218 valence electrons. The van der Waals surface area contributed by atoms with Gasteiger partial charge >= 0.3 is 0 Å². The van der Waals surface area contributed by atoms with Crippen LogP contribution in [0.2, 0.25) is 0 Å². The Morgan fingerprint density at radius 1 is 0.949 bits per heavy atom. The Labute approximate surface area is 242 Å². The number of unbranched alkanes of at least 4 members (excludes halogenated alkanes) is 2. The van der Waals surface area contributed by atoms with Crippen LogP contribution < -0.4 is 10.0 Å². The van der Waals surface area contributed by atoms with Gasteiger partial charge in [-0.3, -0.25) is 4.99 Å². The smallest absolute Gasteiger partial charge is 0.188 e. The maximum atomic E-state index is 6.62. The lowest BCUT2D eigenvalue weighted by Crippen LogP contribution is -2.31. The van der Waals surface area contributed by atoms with E-state index in [1.165, 1.54) is 53.2 Å². The molecular weight excluding hydrogens is 497 g/mol. The minimum absolute atomic E-state index is 0.0214. The summed E-state index contributed by atoms with van der Waals surface area (Å²) >= 11 is 0. The van der Waals surface area contributed by atoms with Gasteiger partial charge in [0.2, 0.25) is 0 Å². The molecule has 0 radical (unpaired) electrons. The number of nitrogens with zero attached hydrogens (tertiary/aromatic N) is 1. The number of hydrogen-bond acceptors (Lipinski definition) is 3. The van der Waals surface area contributed by atoms with Crippen LogP contribution in [-0.4, -0.2) is 27.2 Å². The highest BCUT2D eigenvalue weighted by atomic mass is 31.1. The molecule has 2 rings (SSSR count). The number of ether oxygens (including phenoxy) is 2. The van der Waals surface area contributed by atoms with Crippen LogP contribution >= 0.6 is 8.58 Å². The first-order valence-electron chi connectivity index (χ1n) is 15.0. The molecule has 0 aliphatic rings. The van der Waals surface area contributed by atoms with Crippen LogP contribution in [0, 0.1) is 5.92 Å². The van der Waals surface area contributed by atoms with Crippen molar-refractivity contribution in [2.24, 2.45) is 10.9 Å². The first-order valence-corrected chi connectivity index (χ1v) is 16.0. The third-order valence-electron chi connectivity index (χ3n) is 8.46. The van der Waals surface area contributed by atoms with Crippen molar-refractivity contribution in [1.29, 1.82) is 0 Å². The summed E-state index contributed by atoms with van der Waals surface area (Å²) in [4.78, 5) is 4.36. The van der Waals surface area contributed by atoms with E-state index in [9.17, 15) is 0 Å². The molecule has 3 nitrogen and oxygen atoms in total. The SMILES string of the molecule is CCCCC(C)C(C)(C)c1cc(C(C)(C)C)cc(C(C)(CCCC)Pc2ccccc2C=NC)c1OCOC. The van der Waals surface area contributed by atoms with Crippen molar-refractivity contribution in [3.63, 3.8) is 0 Å². The van der Waals surface area contributed by atoms with Gasteiger partial charge in [-0.25, -0.2) is 0 Å². The predicted molar refractivity (Wildman–Crippen MR) is 174 cm³/mol. The zero-order chi connectivity index (χ0) is 29.3. The highest BCUT2D eigenvalue weighted by Gasteiger charge is 2.38. The highest BCUT2D eigenvalue weighted by molar-refractivity contribution is 7.48. The van der Waals surface area contributed by atoms with Crippen LogP contribution in [0.4, 0.5) is 0 Å². The van der Waals surface area contributed by atoms with E-state index in [0.29, 0.717) is 14.5 Å². The van der Waals surface area contributed by atoms with E-state index >= 15 is 0 Å². The normalized spacial score (nSPS) is 15.3. The van der Waals surface area contributed by atoms with E-state index in [4.69, 9.17) is 9.47 Å². The fourth-order valence-corrected chi connectivity index (χ4v) is 7.00. The summed E-state index contributed by atoms with van der Waals surface area (Å²) in [6.07, 6.45) is 9.11. The van der Waals surface area contributed by atoms with Crippen LogP contribution in [0.3, 0.4) is 0 Å². The minimum atomic E-state index is -0.0878. The Balaban J connectivity index is 2.91. The van der Waals surface area contributed by atoms with Crippen molar-refractivity contribution < 1.29 is 9.47 Å². The van der Waals surface area contributed by atoms with E-state index in [0.717, 1.165) is 18.6 Å². The monoisotopic (exact) mass is 553 g/mol. The molecule has 0 amide bonds. The molecule has 2 aromatic rings.